The lowest BCUT2D eigenvalue weighted by Gasteiger charge is -1.95. The number of thiazole rings is 1. The number of rotatable bonds is 5. The first kappa shape index (κ1) is 12.6. The number of nitrogens with zero attached hydrogens (tertiary/aromatic N) is 2. The summed E-state index contributed by atoms with van der Waals surface area (Å²) in [5.74, 6) is -0.513. The number of carbonyl (C=O) groups excluding carboxylic acids is 2. The molecule has 1 amide bonds. The van der Waals surface area contributed by atoms with E-state index in [4.69, 9.17) is 11.6 Å². The van der Waals surface area contributed by atoms with Crippen molar-refractivity contribution >= 4 is 46.0 Å². The SMILES string of the molecule is CON=C(C=O)c1csc(NC(=O)CCl)n1. The Morgan fingerprint density at radius 3 is 3.12 bits per heavy atom. The van der Waals surface area contributed by atoms with Gasteiger partial charge in [0.05, 0.1) is 0 Å². The molecule has 1 heterocycles. The molecule has 0 aliphatic rings. The minimum absolute atomic E-state index is 0.0603. The van der Waals surface area contributed by atoms with Crippen LogP contribution in [0.2, 0.25) is 0 Å². The highest BCUT2D eigenvalue weighted by Crippen LogP contribution is 2.15. The summed E-state index contributed by atoms with van der Waals surface area (Å²) in [6.07, 6.45) is 0.520. The van der Waals surface area contributed by atoms with E-state index in [0.29, 0.717) is 17.1 Å². The van der Waals surface area contributed by atoms with Crippen LogP contribution in [-0.4, -0.2) is 35.9 Å². The lowest BCUT2D eigenvalue weighted by Crippen LogP contribution is -2.12. The molecule has 0 aliphatic carbocycles. The molecule has 6 nitrogen and oxygen atoms in total. The Morgan fingerprint density at radius 2 is 2.56 bits per heavy atom. The minimum Gasteiger partial charge on any atom is -0.398 e. The van der Waals surface area contributed by atoms with Crippen molar-refractivity contribution in [2.24, 2.45) is 5.16 Å². The summed E-state index contributed by atoms with van der Waals surface area (Å²) in [4.78, 5) is 30.0. The van der Waals surface area contributed by atoms with Crippen molar-refractivity contribution in [1.29, 1.82) is 0 Å². The van der Waals surface area contributed by atoms with Crippen LogP contribution in [0.15, 0.2) is 10.5 Å². The second kappa shape index (κ2) is 6.19. The van der Waals surface area contributed by atoms with Gasteiger partial charge in [-0.2, -0.15) is 0 Å². The molecule has 0 unspecified atom stereocenters. The number of aromatic nitrogens is 1. The third-order valence-electron chi connectivity index (χ3n) is 1.44. The summed E-state index contributed by atoms with van der Waals surface area (Å²) < 4.78 is 0. The number of hydrogen-bond donors (Lipinski definition) is 1. The summed E-state index contributed by atoms with van der Waals surface area (Å²) in [7, 11) is 1.33. The molecule has 86 valence electrons. The van der Waals surface area contributed by atoms with Crippen molar-refractivity contribution in [1.82, 2.24) is 4.98 Å². The number of nitrogens with one attached hydrogen (secondary N) is 1. The normalized spacial score (nSPS) is 11.0. The number of carbonyl (C=O) groups is 2. The molecule has 0 radical (unpaired) electrons. The molecule has 8 heteroatoms. The topological polar surface area (TPSA) is 80.6 Å². The maximum absolute atomic E-state index is 11.0. The van der Waals surface area contributed by atoms with Gasteiger partial charge in [-0.05, 0) is 0 Å². The van der Waals surface area contributed by atoms with E-state index in [1.807, 2.05) is 0 Å². The molecular weight excluding hydrogens is 254 g/mol. The third-order valence-corrected chi connectivity index (χ3v) is 2.44. The van der Waals surface area contributed by atoms with E-state index in [9.17, 15) is 9.59 Å². The molecule has 0 bridgehead atoms. The van der Waals surface area contributed by atoms with Gasteiger partial charge >= 0.3 is 0 Å². The van der Waals surface area contributed by atoms with Gasteiger partial charge in [0.2, 0.25) is 5.91 Å². The van der Waals surface area contributed by atoms with Crippen LogP contribution in [0, 0.1) is 0 Å². The summed E-state index contributed by atoms with van der Waals surface area (Å²) in [6, 6.07) is 0. The molecule has 0 spiro atoms. The van der Waals surface area contributed by atoms with E-state index in [2.05, 4.69) is 20.3 Å². The van der Waals surface area contributed by atoms with E-state index in [1.165, 1.54) is 18.4 Å². The Bertz CT molecular complexity index is 418. The Morgan fingerprint density at radius 1 is 1.81 bits per heavy atom. The van der Waals surface area contributed by atoms with Crippen molar-refractivity contribution < 1.29 is 14.4 Å². The van der Waals surface area contributed by atoms with Crippen molar-refractivity contribution in [3.8, 4) is 0 Å². The average molecular weight is 262 g/mol. The van der Waals surface area contributed by atoms with Gasteiger partial charge in [-0.15, -0.1) is 22.9 Å². The van der Waals surface area contributed by atoms with Crippen LogP contribution in [0.1, 0.15) is 5.69 Å². The first-order valence-corrected chi connectivity index (χ1v) is 5.50. The van der Waals surface area contributed by atoms with Gasteiger partial charge in [-0.3, -0.25) is 9.59 Å². The lowest BCUT2D eigenvalue weighted by atomic mass is 10.3. The molecule has 0 fully saturated rings. The Kier molecular flexibility index (Phi) is 4.87. The number of hydrogen-bond acceptors (Lipinski definition) is 6. The second-order valence-electron chi connectivity index (χ2n) is 2.50. The maximum Gasteiger partial charge on any atom is 0.241 e. The van der Waals surface area contributed by atoms with Crippen molar-refractivity contribution in [2.75, 3.05) is 18.3 Å². The zero-order valence-corrected chi connectivity index (χ0v) is 9.84. The summed E-state index contributed by atoms with van der Waals surface area (Å²) in [5.41, 5.74) is 0.400. The molecule has 1 aromatic rings. The number of aldehydes is 1. The molecule has 1 aromatic heterocycles. The van der Waals surface area contributed by atoms with E-state index in [0.717, 1.165) is 0 Å². The van der Waals surface area contributed by atoms with E-state index < -0.39 is 0 Å². The van der Waals surface area contributed by atoms with Crippen LogP contribution in [0.25, 0.3) is 0 Å². The Hall–Kier alpha value is -1.47. The van der Waals surface area contributed by atoms with Gasteiger partial charge in [-0.25, -0.2) is 4.98 Å². The monoisotopic (exact) mass is 261 g/mol. The van der Waals surface area contributed by atoms with Crippen molar-refractivity contribution in [3.63, 3.8) is 0 Å². The summed E-state index contributed by atoms with van der Waals surface area (Å²) in [6.45, 7) is 0. The maximum atomic E-state index is 11.0. The Balaban J connectivity index is 2.81. The van der Waals surface area contributed by atoms with Gasteiger partial charge in [0.15, 0.2) is 17.1 Å². The lowest BCUT2D eigenvalue weighted by molar-refractivity contribution is -0.114. The smallest absolute Gasteiger partial charge is 0.241 e. The fourth-order valence-corrected chi connectivity index (χ4v) is 1.62. The molecule has 0 saturated carbocycles. The largest absolute Gasteiger partial charge is 0.398 e. The van der Waals surface area contributed by atoms with Crippen LogP contribution in [0.3, 0.4) is 0 Å². The van der Waals surface area contributed by atoms with Crippen LogP contribution in [0.5, 0.6) is 0 Å². The molecule has 1 N–H and O–H groups in total. The van der Waals surface area contributed by atoms with Crippen LogP contribution in [-0.2, 0) is 14.4 Å². The van der Waals surface area contributed by atoms with E-state index in [-0.39, 0.29) is 17.5 Å². The van der Waals surface area contributed by atoms with Gasteiger partial charge < -0.3 is 10.2 Å². The molecule has 1 rings (SSSR count). The number of amides is 1. The fourth-order valence-electron chi connectivity index (χ4n) is 0.828. The molecule has 0 atom stereocenters. The number of oxime groups is 1. The second-order valence-corrected chi connectivity index (χ2v) is 3.62. The zero-order chi connectivity index (χ0) is 12.0. The minimum atomic E-state index is -0.362. The standard InChI is InChI=1S/C8H8ClN3O3S/c1-15-12-5(3-13)6-4-16-8(10-6)11-7(14)2-9/h3-4H,2H2,1H3,(H,10,11,14). The molecular formula is C8H8ClN3O3S. The summed E-state index contributed by atoms with van der Waals surface area (Å²) >= 11 is 6.48. The predicted molar refractivity (Wildman–Crippen MR) is 61.1 cm³/mol. The fraction of sp³-hybridized carbons (Fsp3) is 0.250. The molecule has 0 saturated heterocycles. The quantitative estimate of drug-likeness (QED) is 0.369. The van der Waals surface area contributed by atoms with Gasteiger partial charge in [0.1, 0.15) is 18.7 Å². The zero-order valence-electron chi connectivity index (χ0n) is 8.27. The highest BCUT2D eigenvalue weighted by Gasteiger charge is 2.10. The van der Waals surface area contributed by atoms with E-state index >= 15 is 0 Å². The number of alkyl halides is 1. The predicted octanol–water partition coefficient (Wildman–Crippen LogP) is 0.870. The highest BCUT2D eigenvalue weighted by atomic mass is 35.5. The highest BCUT2D eigenvalue weighted by molar-refractivity contribution is 7.14. The average Bonchev–Trinajstić information content (AvgIpc) is 2.74. The summed E-state index contributed by atoms with van der Waals surface area (Å²) in [5, 5.41) is 7.87. The molecule has 0 aromatic carbocycles. The molecule has 0 aliphatic heterocycles. The van der Waals surface area contributed by atoms with Crippen LogP contribution >= 0.6 is 22.9 Å². The number of halogens is 1. The first-order valence-electron chi connectivity index (χ1n) is 4.09. The van der Waals surface area contributed by atoms with Crippen molar-refractivity contribution in [2.45, 2.75) is 0 Å². The van der Waals surface area contributed by atoms with Crippen LogP contribution < -0.4 is 5.32 Å². The Labute approximate surface area is 100 Å². The van der Waals surface area contributed by atoms with Gasteiger partial charge in [0.25, 0.3) is 0 Å². The van der Waals surface area contributed by atoms with Crippen molar-refractivity contribution in [3.05, 3.63) is 11.1 Å². The van der Waals surface area contributed by atoms with Gasteiger partial charge in [0, 0.05) is 5.38 Å². The third kappa shape index (κ3) is 3.28. The van der Waals surface area contributed by atoms with Crippen LogP contribution in [0.4, 0.5) is 5.13 Å². The first-order chi connectivity index (χ1) is 7.71. The van der Waals surface area contributed by atoms with E-state index in [1.54, 1.807) is 5.38 Å². The van der Waals surface area contributed by atoms with Gasteiger partial charge in [-0.1, -0.05) is 5.16 Å². The molecule has 16 heavy (non-hydrogen) atoms. The number of anilines is 1.